The topological polar surface area (TPSA) is 25.2 Å². The Balaban J connectivity index is 1.93. The summed E-state index contributed by atoms with van der Waals surface area (Å²) in [5, 5.41) is 3.63. The molecule has 3 atom stereocenters. The molecular formula is C16H27NO. The molecule has 1 fully saturated rings. The fourth-order valence-electron chi connectivity index (χ4n) is 3.14. The van der Waals surface area contributed by atoms with Crippen molar-refractivity contribution in [1.29, 1.82) is 0 Å². The molecule has 0 aromatic carbocycles. The van der Waals surface area contributed by atoms with Gasteiger partial charge >= 0.3 is 0 Å². The SMILES string of the molecule is CC(C)CNCC1CCC(C)CC1c1ccoc1. The summed E-state index contributed by atoms with van der Waals surface area (Å²) in [6.45, 7) is 9.20. The van der Waals surface area contributed by atoms with Gasteiger partial charge in [-0.1, -0.05) is 27.2 Å². The van der Waals surface area contributed by atoms with Gasteiger partial charge in [0.2, 0.25) is 0 Å². The van der Waals surface area contributed by atoms with E-state index in [0.717, 1.165) is 30.8 Å². The lowest BCUT2D eigenvalue weighted by Gasteiger charge is -2.34. The van der Waals surface area contributed by atoms with Gasteiger partial charge in [0.05, 0.1) is 12.5 Å². The molecule has 0 spiro atoms. The van der Waals surface area contributed by atoms with E-state index in [-0.39, 0.29) is 0 Å². The van der Waals surface area contributed by atoms with Crippen molar-refractivity contribution in [2.24, 2.45) is 17.8 Å². The van der Waals surface area contributed by atoms with Gasteiger partial charge in [-0.05, 0) is 61.2 Å². The maximum atomic E-state index is 5.27. The van der Waals surface area contributed by atoms with E-state index in [2.05, 4.69) is 32.2 Å². The van der Waals surface area contributed by atoms with Crippen molar-refractivity contribution in [3.05, 3.63) is 24.2 Å². The number of nitrogens with one attached hydrogen (secondary N) is 1. The minimum Gasteiger partial charge on any atom is -0.472 e. The van der Waals surface area contributed by atoms with Crippen LogP contribution in [0.25, 0.3) is 0 Å². The Bertz CT molecular complexity index is 331. The fraction of sp³-hybridized carbons (Fsp3) is 0.750. The van der Waals surface area contributed by atoms with Crippen molar-refractivity contribution in [3.63, 3.8) is 0 Å². The van der Waals surface area contributed by atoms with Gasteiger partial charge in [0.25, 0.3) is 0 Å². The molecule has 1 saturated carbocycles. The van der Waals surface area contributed by atoms with E-state index in [1.807, 2.05) is 12.5 Å². The summed E-state index contributed by atoms with van der Waals surface area (Å²) in [7, 11) is 0. The molecule has 0 radical (unpaired) electrons. The zero-order valence-corrected chi connectivity index (χ0v) is 12.0. The number of rotatable bonds is 5. The Morgan fingerprint density at radius 2 is 2.22 bits per heavy atom. The smallest absolute Gasteiger partial charge is 0.0937 e. The zero-order chi connectivity index (χ0) is 13.0. The van der Waals surface area contributed by atoms with Crippen LogP contribution in [-0.4, -0.2) is 13.1 Å². The standard InChI is InChI=1S/C16H27NO/c1-12(2)9-17-10-14-5-4-13(3)8-16(14)15-6-7-18-11-15/h6-7,11-14,16-17H,4-5,8-10H2,1-3H3. The van der Waals surface area contributed by atoms with Crippen LogP contribution < -0.4 is 5.32 Å². The second-order valence-electron chi connectivity index (χ2n) is 6.39. The predicted molar refractivity (Wildman–Crippen MR) is 75.7 cm³/mol. The molecule has 0 bridgehead atoms. The minimum absolute atomic E-state index is 0.687. The van der Waals surface area contributed by atoms with Crippen LogP contribution in [0, 0.1) is 17.8 Å². The number of furan rings is 1. The summed E-state index contributed by atoms with van der Waals surface area (Å²) < 4.78 is 5.27. The first kappa shape index (κ1) is 13.7. The minimum atomic E-state index is 0.687. The Labute approximate surface area is 111 Å². The highest BCUT2D eigenvalue weighted by Crippen LogP contribution is 2.40. The summed E-state index contributed by atoms with van der Waals surface area (Å²) in [5.74, 6) is 3.05. The maximum absolute atomic E-state index is 5.27. The van der Waals surface area contributed by atoms with E-state index in [9.17, 15) is 0 Å². The quantitative estimate of drug-likeness (QED) is 0.851. The first-order chi connectivity index (χ1) is 8.66. The van der Waals surface area contributed by atoms with Crippen molar-refractivity contribution < 1.29 is 4.42 Å². The van der Waals surface area contributed by atoms with E-state index in [1.165, 1.54) is 24.8 Å². The van der Waals surface area contributed by atoms with Crippen molar-refractivity contribution in [3.8, 4) is 0 Å². The van der Waals surface area contributed by atoms with Crippen LogP contribution >= 0.6 is 0 Å². The Morgan fingerprint density at radius 3 is 2.89 bits per heavy atom. The molecule has 1 aromatic rings. The largest absolute Gasteiger partial charge is 0.472 e. The Kier molecular flexibility index (Phi) is 4.87. The molecule has 1 aromatic heterocycles. The first-order valence-electron chi connectivity index (χ1n) is 7.39. The van der Waals surface area contributed by atoms with Crippen molar-refractivity contribution in [2.45, 2.75) is 46.0 Å². The summed E-state index contributed by atoms with van der Waals surface area (Å²) in [6, 6.07) is 2.15. The van der Waals surface area contributed by atoms with Gasteiger partial charge in [0.15, 0.2) is 0 Å². The monoisotopic (exact) mass is 249 g/mol. The van der Waals surface area contributed by atoms with Crippen molar-refractivity contribution in [2.75, 3.05) is 13.1 Å². The van der Waals surface area contributed by atoms with Crippen LogP contribution in [0.5, 0.6) is 0 Å². The molecular weight excluding hydrogens is 222 g/mol. The molecule has 1 aliphatic carbocycles. The normalized spacial score (nSPS) is 28.8. The third-order valence-electron chi connectivity index (χ3n) is 4.19. The Hall–Kier alpha value is -0.760. The summed E-state index contributed by atoms with van der Waals surface area (Å²) in [6.07, 6.45) is 7.80. The van der Waals surface area contributed by atoms with E-state index >= 15 is 0 Å². The molecule has 2 nitrogen and oxygen atoms in total. The third kappa shape index (κ3) is 3.61. The van der Waals surface area contributed by atoms with Gasteiger partial charge in [0.1, 0.15) is 0 Å². The number of hydrogen-bond acceptors (Lipinski definition) is 2. The molecule has 3 unspecified atom stereocenters. The van der Waals surface area contributed by atoms with E-state index in [0.29, 0.717) is 5.92 Å². The van der Waals surface area contributed by atoms with Gasteiger partial charge in [-0.2, -0.15) is 0 Å². The van der Waals surface area contributed by atoms with Crippen molar-refractivity contribution in [1.82, 2.24) is 5.32 Å². The molecule has 18 heavy (non-hydrogen) atoms. The van der Waals surface area contributed by atoms with E-state index in [1.54, 1.807) is 0 Å². The molecule has 0 aliphatic heterocycles. The molecule has 1 N–H and O–H groups in total. The van der Waals surface area contributed by atoms with Crippen LogP contribution in [0.3, 0.4) is 0 Å². The summed E-state index contributed by atoms with van der Waals surface area (Å²) in [4.78, 5) is 0. The summed E-state index contributed by atoms with van der Waals surface area (Å²) in [5.41, 5.74) is 1.40. The van der Waals surface area contributed by atoms with Crippen LogP contribution in [0.15, 0.2) is 23.0 Å². The predicted octanol–water partition coefficient (Wildman–Crippen LogP) is 4.05. The van der Waals surface area contributed by atoms with Crippen molar-refractivity contribution >= 4 is 0 Å². The third-order valence-corrected chi connectivity index (χ3v) is 4.19. The molecule has 0 amide bonds. The molecule has 102 valence electrons. The highest BCUT2D eigenvalue weighted by atomic mass is 16.3. The summed E-state index contributed by atoms with van der Waals surface area (Å²) >= 11 is 0. The Morgan fingerprint density at radius 1 is 1.39 bits per heavy atom. The average Bonchev–Trinajstić information content (AvgIpc) is 2.84. The lowest BCUT2D eigenvalue weighted by atomic mass is 9.72. The second kappa shape index (κ2) is 6.42. The molecule has 2 rings (SSSR count). The van der Waals surface area contributed by atoms with Crippen LogP contribution in [0.4, 0.5) is 0 Å². The highest BCUT2D eigenvalue weighted by molar-refractivity contribution is 5.15. The lowest BCUT2D eigenvalue weighted by molar-refractivity contribution is 0.239. The molecule has 2 heteroatoms. The van der Waals surface area contributed by atoms with Gasteiger partial charge in [-0.15, -0.1) is 0 Å². The van der Waals surface area contributed by atoms with Crippen LogP contribution in [-0.2, 0) is 0 Å². The van der Waals surface area contributed by atoms with Gasteiger partial charge < -0.3 is 9.73 Å². The van der Waals surface area contributed by atoms with Crippen LogP contribution in [0.1, 0.15) is 51.5 Å². The maximum Gasteiger partial charge on any atom is 0.0937 e. The highest BCUT2D eigenvalue weighted by Gasteiger charge is 2.30. The molecule has 1 heterocycles. The van der Waals surface area contributed by atoms with E-state index in [4.69, 9.17) is 4.42 Å². The van der Waals surface area contributed by atoms with Gasteiger partial charge in [-0.25, -0.2) is 0 Å². The van der Waals surface area contributed by atoms with Gasteiger partial charge in [-0.3, -0.25) is 0 Å². The van der Waals surface area contributed by atoms with Crippen LogP contribution in [0.2, 0.25) is 0 Å². The average molecular weight is 249 g/mol. The second-order valence-corrected chi connectivity index (χ2v) is 6.39. The van der Waals surface area contributed by atoms with E-state index < -0.39 is 0 Å². The zero-order valence-electron chi connectivity index (χ0n) is 12.0. The first-order valence-corrected chi connectivity index (χ1v) is 7.39. The molecule has 1 aliphatic rings. The molecule has 0 saturated heterocycles. The fourth-order valence-corrected chi connectivity index (χ4v) is 3.14. The lowest BCUT2D eigenvalue weighted by Crippen LogP contribution is -2.33. The number of hydrogen-bond donors (Lipinski definition) is 1. The van der Waals surface area contributed by atoms with Gasteiger partial charge in [0, 0.05) is 0 Å².